The Morgan fingerprint density at radius 2 is 2.08 bits per heavy atom. The minimum Gasteiger partial charge on any atom is -0.388 e. The Hall–Kier alpha value is -1.50. The van der Waals surface area contributed by atoms with Crippen LogP contribution in [0, 0.1) is 5.92 Å². The third-order valence-electron chi connectivity index (χ3n) is 4.14. The van der Waals surface area contributed by atoms with Crippen LogP contribution in [-0.2, 0) is 0 Å². The van der Waals surface area contributed by atoms with Gasteiger partial charge in [0.1, 0.15) is 16.0 Å². The number of benzene rings is 1. The molecular formula is C17H17BrClN3O2. The highest BCUT2D eigenvalue weighted by Gasteiger charge is 2.40. The SMILES string of the molecule is C[C@@](O)(CNC(=O)c1cnc(Br)c(-c2ccc(Cl)cc2)n1)C1CC1. The Bertz CT molecular complexity index is 761. The van der Waals surface area contributed by atoms with Crippen LogP contribution in [0.3, 0.4) is 0 Å². The van der Waals surface area contributed by atoms with Crippen LogP contribution in [0.2, 0.25) is 5.02 Å². The van der Waals surface area contributed by atoms with E-state index in [1.807, 2.05) is 12.1 Å². The van der Waals surface area contributed by atoms with Gasteiger partial charge in [-0.25, -0.2) is 9.97 Å². The van der Waals surface area contributed by atoms with Crippen molar-refractivity contribution in [2.24, 2.45) is 5.92 Å². The van der Waals surface area contributed by atoms with Crippen LogP contribution in [-0.4, -0.2) is 33.1 Å². The predicted octanol–water partition coefficient (Wildman–Crippen LogP) is 3.45. The van der Waals surface area contributed by atoms with Gasteiger partial charge in [0.2, 0.25) is 0 Å². The number of hydrogen-bond acceptors (Lipinski definition) is 4. The van der Waals surface area contributed by atoms with E-state index in [4.69, 9.17) is 11.6 Å². The number of amides is 1. The average molecular weight is 411 g/mol. The standard InChI is InChI=1S/C17H17BrClN3O2/c1-17(24,11-4-5-11)9-21-16(23)13-8-20-15(18)14(22-13)10-2-6-12(19)7-3-10/h2-3,6-8,11,24H,4-5,9H2,1H3,(H,21,23)/t17-/m1/s1. The van der Waals surface area contributed by atoms with Crippen molar-refractivity contribution in [3.63, 3.8) is 0 Å². The molecule has 1 aromatic heterocycles. The maximum absolute atomic E-state index is 12.3. The van der Waals surface area contributed by atoms with Crippen molar-refractivity contribution in [2.45, 2.75) is 25.4 Å². The van der Waals surface area contributed by atoms with Crippen LogP contribution in [0.4, 0.5) is 0 Å². The van der Waals surface area contributed by atoms with E-state index in [2.05, 4.69) is 31.2 Å². The molecule has 1 atom stereocenters. The lowest BCUT2D eigenvalue weighted by atomic mass is 10.0. The third-order valence-corrected chi connectivity index (χ3v) is 4.97. The molecule has 7 heteroatoms. The molecular weight excluding hydrogens is 394 g/mol. The molecule has 126 valence electrons. The summed E-state index contributed by atoms with van der Waals surface area (Å²) in [6.07, 6.45) is 3.41. The Balaban J connectivity index is 1.77. The van der Waals surface area contributed by atoms with E-state index in [9.17, 15) is 9.90 Å². The van der Waals surface area contributed by atoms with Crippen LogP contribution in [0.1, 0.15) is 30.3 Å². The molecule has 1 aliphatic rings. The lowest BCUT2D eigenvalue weighted by Crippen LogP contribution is -2.42. The second-order valence-electron chi connectivity index (χ2n) is 6.22. The smallest absolute Gasteiger partial charge is 0.271 e. The first-order valence-electron chi connectivity index (χ1n) is 7.66. The molecule has 0 saturated heterocycles. The number of hydrogen-bond donors (Lipinski definition) is 2. The Kier molecular flexibility index (Phi) is 4.90. The monoisotopic (exact) mass is 409 g/mol. The summed E-state index contributed by atoms with van der Waals surface area (Å²) in [6, 6.07) is 7.14. The zero-order valence-corrected chi connectivity index (χ0v) is 15.4. The third kappa shape index (κ3) is 3.94. The van der Waals surface area contributed by atoms with E-state index in [-0.39, 0.29) is 24.1 Å². The fraction of sp³-hybridized carbons (Fsp3) is 0.353. The van der Waals surface area contributed by atoms with Gasteiger partial charge in [-0.05, 0) is 53.7 Å². The number of halogens is 2. The maximum atomic E-state index is 12.3. The Morgan fingerprint density at radius 1 is 1.42 bits per heavy atom. The zero-order chi connectivity index (χ0) is 17.3. The summed E-state index contributed by atoms with van der Waals surface area (Å²) in [6.45, 7) is 1.95. The van der Waals surface area contributed by atoms with E-state index >= 15 is 0 Å². The van der Waals surface area contributed by atoms with Gasteiger partial charge < -0.3 is 10.4 Å². The molecule has 2 aromatic rings. The predicted molar refractivity (Wildman–Crippen MR) is 95.9 cm³/mol. The van der Waals surface area contributed by atoms with Crippen molar-refractivity contribution in [3.05, 3.63) is 45.8 Å². The van der Waals surface area contributed by atoms with Gasteiger partial charge in [-0.15, -0.1) is 0 Å². The summed E-state index contributed by atoms with van der Waals surface area (Å²) in [5, 5.41) is 13.6. The van der Waals surface area contributed by atoms with E-state index in [1.165, 1.54) is 6.20 Å². The van der Waals surface area contributed by atoms with Gasteiger partial charge in [0.15, 0.2) is 0 Å². The average Bonchev–Trinajstić information content (AvgIpc) is 3.40. The molecule has 0 radical (unpaired) electrons. The van der Waals surface area contributed by atoms with Crippen molar-refractivity contribution >= 4 is 33.4 Å². The molecule has 1 heterocycles. The van der Waals surface area contributed by atoms with Gasteiger partial charge >= 0.3 is 0 Å². The van der Waals surface area contributed by atoms with Crippen molar-refractivity contribution in [2.75, 3.05) is 6.54 Å². The molecule has 0 unspecified atom stereocenters. The van der Waals surface area contributed by atoms with E-state index < -0.39 is 5.60 Å². The molecule has 1 saturated carbocycles. The summed E-state index contributed by atoms with van der Waals surface area (Å²) < 4.78 is 0.548. The Labute approximate surface area is 153 Å². The van der Waals surface area contributed by atoms with Crippen molar-refractivity contribution < 1.29 is 9.90 Å². The lowest BCUT2D eigenvalue weighted by molar-refractivity contribution is 0.0353. The van der Waals surface area contributed by atoms with Crippen molar-refractivity contribution in [1.82, 2.24) is 15.3 Å². The van der Waals surface area contributed by atoms with Crippen LogP contribution >= 0.6 is 27.5 Å². The quantitative estimate of drug-likeness (QED) is 0.791. The largest absolute Gasteiger partial charge is 0.388 e. The zero-order valence-electron chi connectivity index (χ0n) is 13.1. The number of aromatic nitrogens is 2. The summed E-state index contributed by atoms with van der Waals surface area (Å²) >= 11 is 9.25. The molecule has 0 aliphatic heterocycles. The number of rotatable bonds is 5. The normalized spacial score (nSPS) is 16.5. The maximum Gasteiger partial charge on any atom is 0.271 e. The van der Waals surface area contributed by atoms with Gasteiger partial charge in [-0.3, -0.25) is 4.79 Å². The molecule has 1 aromatic carbocycles. The van der Waals surface area contributed by atoms with Crippen molar-refractivity contribution in [1.29, 1.82) is 0 Å². The van der Waals surface area contributed by atoms with Gasteiger partial charge in [-0.2, -0.15) is 0 Å². The molecule has 1 fully saturated rings. The minimum atomic E-state index is -0.878. The summed E-state index contributed by atoms with van der Waals surface area (Å²) in [5.74, 6) is -0.0930. The van der Waals surface area contributed by atoms with E-state index in [1.54, 1.807) is 19.1 Å². The van der Waals surface area contributed by atoms with Crippen LogP contribution in [0.25, 0.3) is 11.3 Å². The number of nitrogens with zero attached hydrogens (tertiary/aromatic N) is 2. The Morgan fingerprint density at radius 3 is 2.71 bits per heavy atom. The summed E-state index contributed by atoms with van der Waals surface area (Å²) in [5.41, 5.74) is 0.693. The highest BCUT2D eigenvalue weighted by molar-refractivity contribution is 9.10. The van der Waals surface area contributed by atoms with Gasteiger partial charge in [0.05, 0.1) is 11.8 Å². The number of nitrogens with one attached hydrogen (secondary N) is 1. The first-order chi connectivity index (χ1) is 11.4. The number of carbonyl (C=O) groups excluding carboxylic acids is 1. The molecule has 0 spiro atoms. The molecule has 2 N–H and O–H groups in total. The second kappa shape index (κ2) is 6.78. The van der Waals surface area contributed by atoms with Crippen LogP contribution < -0.4 is 5.32 Å². The second-order valence-corrected chi connectivity index (χ2v) is 7.40. The number of carbonyl (C=O) groups is 1. The first-order valence-corrected chi connectivity index (χ1v) is 8.83. The van der Waals surface area contributed by atoms with Gasteiger partial charge in [-0.1, -0.05) is 23.7 Å². The summed E-state index contributed by atoms with van der Waals surface area (Å²) in [4.78, 5) is 20.9. The highest BCUT2D eigenvalue weighted by Crippen LogP contribution is 2.39. The highest BCUT2D eigenvalue weighted by atomic mass is 79.9. The molecule has 3 rings (SSSR count). The van der Waals surface area contributed by atoms with Gasteiger partial charge in [0.25, 0.3) is 5.91 Å². The topological polar surface area (TPSA) is 75.1 Å². The fourth-order valence-electron chi connectivity index (χ4n) is 2.47. The first kappa shape index (κ1) is 17.3. The number of aliphatic hydroxyl groups is 1. The van der Waals surface area contributed by atoms with Crippen LogP contribution in [0.15, 0.2) is 35.1 Å². The van der Waals surface area contributed by atoms with E-state index in [0.29, 0.717) is 15.3 Å². The molecule has 5 nitrogen and oxygen atoms in total. The van der Waals surface area contributed by atoms with Crippen molar-refractivity contribution in [3.8, 4) is 11.3 Å². The molecule has 1 amide bonds. The fourth-order valence-corrected chi connectivity index (χ4v) is 3.02. The molecule has 1 aliphatic carbocycles. The lowest BCUT2D eigenvalue weighted by Gasteiger charge is -2.23. The minimum absolute atomic E-state index is 0.199. The van der Waals surface area contributed by atoms with Crippen LogP contribution in [0.5, 0.6) is 0 Å². The summed E-state index contributed by atoms with van der Waals surface area (Å²) in [7, 11) is 0. The van der Waals surface area contributed by atoms with E-state index in [0.717, 1.165) is 18.4 Å². The molecule has 24 heavy (non-hydrogen) atoms. The molecule has 0 bridgehead atoms. The van der Waals surface area contributed by atoms with Gasteiger partial charge in [0, 0.05) is 17.1 Å².